The van der Waals surface area contributed by atoms with Crippen molar-refractivity contribution in [2.24, 2.45) is 0 Å². The zero-order chi connectivity index (χ0) is 7.61. The van der Waals surface area contributed by atoms with Crippen molar-refractivity contribution in [1.29, 1.82) is 0 Å². The Morgan fingerprint density at radius 2 is 2.20 bits per heavy atom. The van der Waals surface area contributed by atoms with E-state index in [9.17, 15) is 13.2 Å². The standard InChI is InChI=1S/C4H4F3NO2/c5-4(6,7)10-3-1-2-9-8-3/h1-3,8H. The Hall–Kier alpha value is -0.750. The molecule has 6 heteroatoms. The lowest BCUT2D eigenvalue weighted by molar-refractivity contribution is -0.344. The molecule has 0 aromatic heterocycles. The van der Waals surface area contributed by atoms with Gasteiger partial charge in [-0.25, -0.2) is 0 Å². The molecule has 0 radical (unpaired) electrons. The van der Waals surface area contributed by atoms with Gasteiger partial charge >= 0.3 is 6.36 Å². The molecule has 1 rings (SSSR count). The number of alkyl halides is 3. The molecular weight excluding hydrogens is 151 g/mol. The van der Waals surface area contributed by atoms with Gasteiger partial charge in [0.15, 0.2) is 6.23 Å². The van der Waals surface area contributed by atoms with Gasteiger partial charge in [0, 0.05) is 0 Å². The molecule has 0 spiro atoms. The van der Waals surface area contributed by atoms with E-state index in [1.165, 1.54) is 0 Å². The maximum absolute atomic E-state index is 11.4. The summed E-state index contributed by atoms with van der Waals surface area (Å²) in [4.78, 5) is 4.25. The minimum atomic E-state index is -4.63. The van der Waals surface area contributed by atoms with Crippen LogP contribution in [0.2, 0.25) is 0 Å². The number of nitrogens with one attached hydrogen (secondary N) is 1. The Bertz CT molecular complexity index is 144. The minimum Gasteiger partial charge on any atom is -0.414 e. The lowest BCUT2D eigenvalue weighted by Crippen LogP contribution is -2.30. The molecule has 0 bridgehead atoms. The van der Waals surface area contributed by atoms with E-state index in [4.69, 9.17) is 0 Å². The third-order valence-electron chi connectivity index (χ3n) is 0.766. The van der Waals surface area contributed by atoms with Crippen LogP contribution in [0.4, 0.5) is 13.2 Å². The fourth-order valence-electron chi connectivity index (χ4n) is 0.464. The van der Waals surface area contributed by atoms with Crippen LogP contribution in [-0.4, -0.2) is 12.6 Å². The molecule has 0 amide bonds. The predicted molar refractivity (Wildman–Crippen MR) is 24.3 cm³/mol. The molecule has 1 aliphatic heterocycles. The zero-order valence-corrected chi connectivity index (χ0v) is 4.68. The number of ether oxygens (including phenoxy) is 1. The van der Waals surface area contributed by atoms with Crippen molar-refractivity contribution in [1.82, 2.24) is 5.48 Å². The van der Waals surface area contributed by atoms with Crippen LogP contribution < -0.4 is 5.48 Å². The number of hydroxylamine groups is 1. The van der Waals surface area contributed by atoms with Gasteiger partial charge in [-0.05, 0) is 6.08 Å². The van der Waals surface area contributed by atoms with Crippen LogP contribution in [0.25, 0.3) is 0 Å². The van der Waals surface area contributed by atoms with E-state index in [1.54, 1.807) is 0 Å². The zero-order valence-electron chi connectivity index (χ0n) is 4.68. The number of halogens is 3. The second-order valence-electron chi connectivity index (χ2n) is 1.55. The van der Waals surface area contributed by atoms with Crippen molar-refractivity contribution >= 4 is 0 Å². The van der Waals surface area contributed by atoms with Gasteiger partial charge in [-0.3, -0.25) is 4.74 Å². The predicted octanol–water partition coefficient (Wildman–Crippen LogP) is 0.897. The molecule has 1 unspecified atom stereocenters. The molecule has 0 saturated carbocycles. The fourth-order valence-corrected chi connectivity index (χ4v) is 0.464. The summed E-state index contributed by atoms with van der Waals surface area (Å²) in [6.45, 7) is 0. The normalized spacial score (nSPS) is 24.9. The first kappa shape index (κ1) is 7.36. The first-order valence-electron chi connectivity index (χ1n) is 2.40. The Labute approximate surface area is 54.4 Å². The van der Waals surface area contributed by atoms with Crippen LogP contribution in [-0.2, 0) is 9.57 Å². The third-order valence-corrected chi connectivity index (χ3v) is 0.766. The topological polar surface area (TPSA) is 30.5 Å². The Balaban J connectivity index is 2.31. The van der Waals surface area contributed by atoms with Gasteiger partial charge in [-0.15, -0.1) is 18.7 Å². The maximum Gasteiger partial charge on any atom is 0.524 e. The summed E-state index contributed by atoms with van der Waals surface area (Å²) in [5, 5.41) is 0. The van der Waals surface area contributed by atoms with E-state index >= 15 is 0 Å². The Kier molecular flexibility index (Phi) is 1.82. The first-order valence-corrected chi connectivity index (χ1v) is 2.40. The van der Waals surface area contributed by atoms with Gasteiger partial charge in [-0.2, -0.15) is 0 Å². The van der Waals surface area contributed by atoms with Crippen molar-refractivity contribution in [2.75, 3.05) is 0 Å². The van der Waals surface area contributed by atoms with Crippen LogP contribution in [0.1, 0.15) is 0 Å². The van der Waals surface area contributed by atoms with Gasteiger partial charge in [-0.1, -0.05) is 0 Å². The molecule has 1 N–H and O–H groups in total. The van der Waals surface area contributed by atoms with Crippen LogP contribution in [0.15, 0.2) is 12.3 Å². The second kappa shape index (κ2) is 2.47. The summed E-state index contributed by atoms with van der Waals surface area (Å²) >= 11 is 0. The molecule has 0 aromatic carbocycles. The lowest BCUT2D eigenvalue weighted by Gasteiger charge is -2.10. The van der Waals surface area contributed by atoms with E-state index in [1.807, 2.05) is 5.48 Å². The monoisotopic (exact) mass is 155 g/mol. The second-order valence-corrected chi connectivity index (χ2v) is 1.55. The van der Waals surface area contributed by atoms with E-state index in [-0.39, 0.29) is 0 Å². The summed E-state index contributed by atoms with van der Waals surface area (Å²) in [5.74, 6) is 0. The molecule has 0 aromatic rings. The molecule has 1 atom stereocenters. The summed E-state index contributed by atoms with van der Waals surface area (Å²) in [6, 6.07) is 0. The van der Waals surface area contributed by atoms with E-state index in [0.717, 1.165) is 12.3 Å². The van der Waals surface area contributed by atoms with Crippen LogP contribution in [0.3, 0.4) is 0 Å². The van der Waals surface area contributed by atoms with E-state index in [0.29, 0.717) is 0 Å². The van der Waals surface area contributed by atoms with Crippen LogP contribution in [0.5, 0.6) is 0 Å². The third kappa shape index (κ3) is 2.24. The molecule has 0 fully saturated rings. The molecule has 0 aliphatic carbocycles. The van der Waals surface area contributed by atoms with Gasteiger partial charge in [0.05, 0.1) is 0 Å². The summed E-state index contributed by atoms with van der Waals surface area (Å²) < 4.78 is 37.5. The highest BCUT2D eigenvalue weighted by molar-refractivity contribution is 4.85. The van der Waals surface area contributed by atoms with E-state index < -0.39 is 12.6 Å². The van der Waals surface area contributed by atoms with Crippen molar-refractivity contribution in [3.05, 3.63) is 12.3 Å². The van der Waals surface area contributed by atoms with Crippen molar-refractivity contribution in [3.8, 4) is 0 Å². The maximum atomic E-state index is 11.4. The lowest BCUT2D eigenvalue weighted by atomic mass is 10.6. The average Bonchev–Trinajstić information content (AvgIpc) is 2.12. The minimum absolute atomic E-state index is 1.08. The van der Waals surface area contributed by atoms with Gasteiger partial charge < -0.3 is 4.84 Å². The molecule has 10 heavy (non-hydrogen) atoms. The first-order chi connectivity index (χ1) is 4.58. The fraction of sp³-hybridized carbons (Fsp3) is 0.500. The molecule has 0 saturated heterocycles. The molecule has 1 heterocycles. The average molecular weight is 155 g/mol. The Morgan fingerprint density at radius 1 is 1.50 bits per heavy atom. The highest BCUT2D eigenvalue weighted by Gasteiger charge is 2.33. The van der Waals surface area contributed by atoms with Crippen molar-refractivity contribution in [2.45, 2.75) is 12.6 Å². The van der Waals surface area contributed by atoms with Crippen molar-refractivity contribution < 1.29 is 22.7 Å². The Morgan fingerprint density at radius 3 is 2.60 bits per heavy atom. The van der Waals surface area contributed by atoms with Crippen LogP contribution in [0, 0.1) is 0 Å². The summed E-state index contributed by atoms with van der Waals surface area (Å²) in [5.41, 5.74) is 1.96. The highest BCUT2D eigenvalue weighted by Crippen LogP contribution is 2.19. The number of rotatable bonds is 1. The van der Waals surface area contributed by atoms with Gasteiger partial charge in [0.1, 0.15) is 6.26 Å². The largest absolute Gasteiger partial charge is 0.524 e. The van der Waals surface area contributed by atoms with Crippen molar-refractivity contribution in [3.63, 3.8) is 0 Å². The number of hydrogen-bond donors (Lipinski definition) is 1. The van der Waals surface area contributed by atoms with Crippen LogP contribution >= 0.6 is 0 Å². The molecule has 3 nitrogen and oxygen atoms in total. The SMILES string of the molecule is FC(F)(F)OC1C=CON1. The van der Waals surface area contributed by atoms with Gasteiger partial charge in [0.2, 0.25) is 0 Å². The highest BCUT2D eigenvalue weighted by atomic mass is 19.4. The molecular formula is C4H4F3NO2. The molecule has 58 valence electrons. The quantitative estimate of drug-likeness (QED) is 0.610. The number of hydrogen-bond acceptors (Lipinski definition) is 3. The summed E-state index contributed by atoms with van der Waals surface area (Å²) in [7, 11) is 0. The summed E-state index contributed by atoms with van der Waals surface area (Å²) in [6.07, 6.45) is -3.67. The smallest absolute Gasteiger partial charge is 0.414 e. The van der Waals surface area contributed by atoms with Gasteiger partial charge in [0.25, 0.3) is 0 Å². The van der Waals surface area contributed by atoms with E-state index in [2.05, 4.69) is 9.57 Å². The molecule has 1 aliphatic rings.